The van der Waals surface area contributed by atoms with Crippen LogP contribution in [0.2, 0.25) is 0 Å². The summed E-state index contributed by atoms with van der Waals surface area (Å²) >= 11 is 0. The van der Waals surface area contributed by atoms with Crippen molar-refractivity contribution in [1.29, 1.82) is 0 Å². The minimum atomic E-state index is -2.84. The second-order valence-corrected chi connectivity index (χ2v) is 10.3. The summed E-state index contributed by atoms with van der Waals surface area (Å²) < 4.78 is 32.0. The van der Waals surface area contributed by atoms with E-state index in [0.717, 1.165) is 66.7 Å². The summed E-state index contributed by atoms with van der Waals surface area (Å²) in [5, 5.41) is 5.12. The van der Waals surface area contributed by atoms with Gasteiger partial charge < -0.3 is 10.1 Å². The van der Waals surface area contributed by atoms with Crippen molar-refractivity contribution in [3.8, 4) is 0 Å². The minimum Gasteiger partial charge on any atom is -0.383 e. The zero-order valence-corrected chi connectivity index (χ0v) is 23.3. The predicted molar refractivity (Wildman–Crippen MR) is 149 cm³/mol. The molecule has 10 heteroatoms. The lowest BCUT2D eigenvalue weighted by Crippen LogP contribution is -2.58. The number of ether oxygens (including phenoxy) is 1. The fourth-order valence-electron chi connectivity index (χ4n) is 4.78. The zero-order valence-electron chi connectivity index (χ0n) is 23.3. The molecule has 2 N–H and O–H groups in total. The monoisotopic (exact) mass is 540 g/mol. The maximum Gasteiger partial charge on any atom is 0.280 e. The van der Waals surface area contributed by atoms with Gasteiger partial charge in [0.25, 0.3) is 6.43 Å². The number of nitrogens with one attached hydrogen (secondary N) is 2. The van der Waals surface area contributed by atoms with Crippen molar-refractivity contribution < 1.29 is 18.3 Å². The van der Waals surface area contributed by atoms with E-state index in [0.29, 0.717) is 24.7 Å². The first-order chi connectivity index (χ1) is 18.7. The number of aldehydes is 1. The summed E-state index contributed by atoms with van der Waals surface area (Å²) in [6.07, 6.45) is 6.18. The number of aliphatic imine (C=N–C) groups is 1. The third-order valence-electron chi connectivity index (χ3n) is 7.51. The number of halogens is 2. The standard InChI is InChI=1S/C29H38F2N6O2/c1-6-18(2)11-21(13-32-24-16-39-17-24)22-12-23-15-37(9-7-25(23)33-14-22)29-20(4)19(3)28(36(5)35-29)34-26(8-10-38)27(30)31/h8,10-14,24,27,29,32,35H,6-7,9,15-17H2,1-5H3/b18-11?,21-13+,26-8-,34-28?. The smallest absolute Gasteiger partial charge is 0.280 e. The number of hydrazine groups is 1. The third kappa shape index (κ3) is 6.69. The molecule has 1 aromatic heterocycles. The summed E-state index contributed by atoms with van der Waals surface area (Å²) in [4.78, 5) is 22.1. The van der Waals surface area contributed by atoms with Crippen molar-refractivity contribution in [2.45, 2.75) is 65.7 Å². The molecule has 0 bridgehead atoms. The molecule has 0 aromatic carbocycles. The van der Waals surface area contributed by atoms with E-state index >= 15 is 0 Å². The van der Waals surface area contributed by atoms with E-state index in [-0.39, 0.29) is 6.17 Å². The third-order valence-corrected chi connectivity index (χ3v) is 7.51. The van der Waals surface area contributed by atoms with E-state index < -0.39 is 12.1 Å². The summed E-state index contributed by atoms with van der Waals surface area (Å²) in [6, 6.07) is 2.56. The average Bonchev–Trinajstić information content (AvgIpc) is 2.90. The van der Waals surface area contributed by atoms with Crippen LogP contribution in [0.3, 0.4) is 0 Å². The topological polar surface area (TPSA) is 82.1 Å². The first-order valence-corrected chi connectivity index (χ1v) is 13.3. The van der Waals surface area contributed by atoms with Crippen molar-refractivity contribution in [2.75, 3.05) is 26.8 Å². The first kappa shape index (κ1) is 28.8. The molecule has 1 saturated heterocycles. The highest BCUT2D eigenvalue weighted by Crippen LogP contribution is 2.28. The maximum absolute atomic E-state index is 13.4. The van der Waals surface area contributed by atoms with Crippen LogP contribution in [0, 0.1) is 0 Å². The van der Waals surface area contributed by atoms with Crippen LogP contribution in [0.4, 0.5) is 8.78 Å². The van der Waals surface area contributed by atoms with Crippen LogP contribution in [0.5, 0.6) is 0 Å². The Hall–Kier alpha value is -3.21. The Morgan fingerprint density at radius 1 is 1.36 bits per heavy atom. The Morgan fingerprint density at radius 3 is 2.77 bits per heavy atom. The quantitative estimate of drug-likeness (QED) is 0.279. The Bertz CT molecular complexity index is 1230. The fourth-order valence-corrected chi connectivity index (χ4v) is 4.78. The highest BCUT2D eigenvalue weighted by molar-refractivity contribution is 5.99. The molecule has 8 nitrogen and oxygen atoms in total. The Kier molecular flexibility index (Phi) is 9.42. The minimum absolute atomic E-state index is 0.131. The van der Waals surface area contributed by atoms with Crippen molar-refractivity contribution in [2.24, 2.45) is 4.99 Å². The molecular formula is C29H38F2N6O2. The SMILES string of the molecule is CCC(C)=C/C(=C\NC1COC1)c1cnc2c(c1)CN(C1NN(C)C(=N/C(=C\C=O)C(F)F)C(C)=C1C)CC2. The molecule has 0 amide bonds. The number of allylic oxidation sites excluding steroid dienone is 5. The van der Waals surface area contributed by atoms with Crippen molar-refractivity contribution in [3.63, 3.8) is 0 Å². The van der Waals surface area contributed by atoms with Gasteiger partial charge in [-0.1, -0.05) is 18.6 Å². The number of hydrogen-bond donors (Lipinski definition) is 2. The molecule has 0 aliphatic carbocycles. The number of fused-ring (bicyclic) bond motifs is 1. The van der Waals surface area contributed by atoms with Gasteiger partial charge in [-0.2, -0.15) is 0 Å². The number of carbonyl (C=O) groups excluding carboxylic acids is 1. The van der Waals surface area contributed by atoms with Gasteiger partial charge in [0.05, 0.1) is 19.3 Å². The molecule has 1 aromatic rings. The van der Waals surface area contributed by atoms with Crippen molar-refractivity contribution in [1.82, 2.24) is 25.6 Å². The van der Waals surface area contributed by atoms with E-state index in [9.17, 15) is 13.6 Å². The second kappa shape index (κ2) is 12.8. The normalized spacial score (nSPS) is 22.9. The summed E-state index contributed by atoms with van der Waals surface area (Å²) in [7, 11) is 1.75. The van der Waals surface area contributed by atoms with Crippen LogP contribution in [0.15, 0.2) is 58.0 Å². The van der Waals surface area contributed by atoms with Gasteiger partial charge in [0, 0.05) is 56.3 Å². The first-order valence-electron chi connectivity index (χ1n) is 13.3. The van der Waals surface area contributed by atoms with Crippen LogP contribution in [-0.2, 0) is 22.5 Å². The number of aromatic nitrogens is 1. The summed E-state index contributed by atoms with van der Waals surface area (Å²) in [5.41, 5.74) is 10.3. The van der Waals surface area contributed by atoms with Gasteiger partial charge in [-0.05, 0) is 55.5 Å². The Balaban J connectivity index is 1.59. The number of pyridine rings is 1. The van der Waals surface area contributed by atoms with Gasteiger partial charge in [-0.25, -0.2) is 19.2 Å². The number of rotatable bonds is 9. The number of amidine groups is 1. The fraction of sp³-hybridized carbons (Fsp3) is 0.483. The molecule has 0 radical (unpaired) electrons. The molecule has 1 atom stereocenters. The summed E-state index contributed by atoms with van der Waals surface area (Å²) in [5.74, 6) is 0.371. The lowest BCUT2D eigenvalue weighted by atomic mass is 9.97. The van der Waals surface area contributed by atoms with E-state index in [1.54, 1.807) is 12.1 Å². The summed E-state index contributed by atoms with van der Waals surface area (Å²) in [6.45, 7) is 11.1. The van der Waals surface area contributed by atoms with Crippen molar-refractivity contribution >= 4 is 17.7 Å². The lowest BCUT2D eigenvalue weighted by molar-refractivity contribution is -0.104. The predicted octanol–water partition coefficient (Wildman–Crippen LogP) is 3.98. The van der Waals surface area contributed by atoms with Crippen LogP contribution < -0.4 is 10.7 Å². The van der Waals surface area contributed by atoms with Crippen LogP contribution in [0.1, 0.15) is 50.9 Å². The number of hydrogen-bond acceptors (Lipinski definition) is 7. The molecule has 0 saturated carbocycles. The van der Waals surface area contributed by atoms with Crippen LogP contribution >= 0.6 is 0 Å². The molecule has 3 aliphatic heterocycles. The highest BCUT2D eigenvalue weighted by atomic mass is 19.3. The lowest BCUT2D eigenvalue weighted by Gasteiger charge is -2.43. The van der Waals surface area contributed by atoms with E-state index in [4.69, 9.17) is 9.72 Å². The molecule has 4 rings (SSSR count). The molecule has 4 heterocycles. The highest BCUT2D eigenvalue weighted by Gasteiger charge is 2.32. The molecule has 210 valence electrons. The second-order valence-electron chi connectivity index (χ2n) is 10.3. The molecule has 1 fully saturated rings. The van der Waals surface area contributed by atoms with Crippen LogP contribution in [-0.4, -0.2) is 72.5 Å². The van der Waals surface area contributed by atoms with Crippen LogP contribution in [0.25, 0.3) is 5.57 Å². The van der Waals surface area contributed by atoms with E-state index in [2.05, 4.69) is 52.8 Å². The molecule has 39 heavy (non-hydrogen) atoms. The van der Waals surface area contributed by atoms with Gasteiger partial charge in [-0.3, -0.25) is 19.7 Å². The van der Waals surface area contributed by atoms with E-state index in [1.807, 2.05) is 20.0 Å². The van der Waals surface area contributed by atoms with Gasteiger partial charge in [0.1, 0.15) is 24.0 Å². The van der Waals surface area contributed by atoms with Gasteiger partial charge in [-0.15, -0.1) is 0 Å². The molecule has 3 aliphatic rings. The van der Waals surface area contributed by atoms with Gasteiger partial charge in [0.15, 0.2) is 0 Å². The Morgan fingerprint density at radius 2 is 2.13 bits per heavy atom. The number of likely N-dealkylation sites (N-methyl/N-ethyl adjacent to an activating group) is 1. The van der Waals surface area contributed by atoms with Crippen molar-refractivity contribution in [3.05, 3.63) is 69.9 Å². The largest absolute Gasteiger partial charge is 0.383 e. The van der Waals surface area contributed by atoms with E-state index in [1.165, 1.54) is 11.1 Å². The molecule has 0 spiro atoms. The molecular weight excluding hydrogens is 502 g/mol. The van der Waals surface area contributed by atoms with Gasteiger partial charge >= 0.3 is 0 Å². The Labute approximate surface area is 229 Å². The number of alkyl halides is 2. The average molecular weight is 541 g/mol. The van der Waals surface area contributed by atoms with Gasteiger partial charge in [0.2, 0.25) is 0 Å². The number of nitrogens with zero attached hydrogens (tertiary/aromatic N) is 4. The molecule has 1 unspecified atom stereocenters. The zero-order chi connectivity index (χ0) is 28.1. The maximum atomic E-state index is 13.4. The number of carbonyl (C=O) groups is 1.